The lowest BCUT2D eigenvalue weighted by atomic mass is 9.88. The highest BCUT2D eigenvalue weighted by Gasteiger charge is 2.55. The fraction of sp³-hybridized carbons (Fsp3) is 0.931. The van der Waals surface area contributed by atoms with Gasteiger partial charge in [0.25, 0.3) is 5.79 Å². The highest BCUT2D eigenvalue weighted by atomic mass is 31.2. The first-order chi connectivity index (χ1) is 37.1. The van der Waals surface area contributed by atoms with Crippen molar-refractivity contribution in [2.75, 3.05) is 33.0 Å². The average Bonchev–Trinajstić information content (AvgIpc) is 3.40. The summed E-state index contributed by atoms with van der Waals surface area (Å²) in [7, 11) is -4.56. The number of carbonyl (C=O) groups is 4. The summed E-state index contributed by atoms with van der Waals surface area (Å²) in [5.74, 6) is -5.48. The molecule has 0 aromatic carbocycles. The zero-order valence-corrected chi connectivity index (χ0v) is 49.1. The number of ether oxygens (including phenoxy) is 4. The minimum atomic E-state index is -4.56. The Bertz CT molecular complexity index is 1530. The first-order valence-electron chi connectivity index (χ1n) is 30.6. The van der Waals surface area contributed by atoms with Gasteiger partial charge in [0.2, 0.25) is 5.91 Å². The summed E-state index contributed by atoms with van der Waals surface area (Å²) in [6.45, 7) is 3.77. The lowest BCUT2D eigenvalue weighted by Crippen LogP contribution is -2.67. The zero-order chi connectivity index (χ0) is 56.8. The number of hydrogen-bond acceptors (Lipinski definition) is 15. The van der Waals surface area contributed by atoms with E-state index in [9.17, 15) is 54.2 Å². The summed E-state index contributed by atoms with van der Waals surface area (Å²) >= 11 is 0. The maximum atomic E-state index is 12.9. The van der Waals surface area contributed by atoms with Gasteiger partial charge < -0.3 is 54.7 Å². The first kappa shape index (κ1) is 72.8. The van der Waals surface area contributed by atoms with Gasteiger partial charge in [0.15, 0.2) is 6.10 Å². The molecule has 1 rings (SSSR count). The average molecular weight is 1120 g/mol. The molecule has 0 radical (unpaired) electrons. The molecule has 0 aromatic heterocycles. The maximum Gasteiger partial charge on any atom is 0.472 e. The van der Waals surface area contributed by atoms with E-state index in [1.807, 2.05) is 0 Å². The molecule has 0 spiro atoms. The van der Waals surface area contributed by atoms with E-state index in [4.69, 9.17) is 28.0 Å². The van der Waals surface area contributed by atoms with E-state index in [-0.39, 0.29) is 32.7 Å². The molecule has 0 bridgehead atoms. The summed E-state index contributed by atoms with van der Waals surface area (Å²) < 4.78 is 45.7. The van der Waals surface area contributed by atoms with Gasteiger partial charge >= 0.3 is 25.7 Å². The summed E-state index contributed by atoms with van der Waals surface area (Å²) in [6.07, 6.45) is 31.7. The second-order valence-corrected chi connectivity index (χ2v) is 23.1. The summed E-state index contributed by atoms with van der Waals surface area (Å²) in [6, 6.07) is -1.29. The van der Waals surface area contributed by atoms with Gasteiger partial charge in [0.1, 0.15) is 24.9 Å². The molecule has 454 valence electrons. The van der Waals surface area contributed by atoms with Crippen LogP contribution in [0.3, 0.4) is 0 Å². The number of phosphoric ester groups is 1. The van der Waals surface area contributed by atoms with Crippen molar-refractivity contribution in [2.45, 2.75) is 314 Å². The molecule has 0 aromatic rings. The van der Waals surface area contributed by atoms with Crippen molar-refractivity contribution in [3.63, 3.8) is 0 Å². The zero-order valence-electron chi connectivity index (χ0n) is 48.2. The molecule has 1 aliphatic rings. The number of aliphatic hydroxyl groups excluding tert-OH is 4. The minimum absolute atomic E-state index is 0.0902. The lowest BCUT2D eigenvalue weighted by Gasteiger charge is -2.46. The van der Waals surface area contributed by atoms with Crippen LogP contribution in [0.2, 0.25) is 0 Å². The van der Waals surface area contributed by atoms with E-state index in [0.29, 0.717) is 51.4 Å². The summed E-state index contributed by atoms with van der Waals surface area (Å²) in [5, 5.41) is 53.2. The van der Waals surface area contributed by atoms with Gasteiger partial charge in [-0.2, -0.15) is 0 Å². The van der Waals surface area contributed by atoms with Crippen LogP contribution in [-0.4, -0.2) is 130 Å². The van der Waals surface area contributed by atoms with Crippen LogP contribution in [0.4, 0.5) is 0 Å². The maximum absolute atomic E-state index is 12.9. The van der Waals surface area contributed by atoms with Gasteiger partial charge in [-0.15, -0.1) is 0 Å². The molecular weight excluding hydrogens is 1010 g/mol. The van der Waals surface area contributed by atoms with E-state index < -0.39 is 93.6 Å². The minimum Gasteiger partial charge on any atom is -0.477 e. The van der Waals surface area contributed by atoms with Crippen LogP contribution in [0.25, 0.3) is 0 Å². The van der Waals surface area contributed by atoms with E-state index >= 15 is 0 Å². The predicted octanol–water partition coefficient (Wildman–Crippen LogP) is 11.6. The molecule has 18 nitrogen and oxygen atoms in total. The largest absolute Gasteiger partial charge is 0.477 e. The number of carbonyl (C=O) groups excluding carboxylic acids is 3. The number of amides is 1. The fourth-order valence-corrected chi connectivity index (χ4v) is 10.5. The Morgan fingerprint density at radius 3 is 1.42 bits per heavy atom. The topological polar surface area (TPSA) is 274 Å². The Balaban J connectivity index is 2.50. The number of unbranched alkanes of at least 4 members (excludes halogenated alkanes) is 33. The quantitative estimate of drug-likeness (QED) is 0.0169. The highest BCUT2D eigenvalue weighted by molar-refractivity contribution is 7.47. The standard InChI is InChI=1S/C58H110NO17P/c1-4-6-8-10-12-14-16-18-20-22-24-26-28-32-36-40-52(64)71-46-49(75-53(65)41-37-33-29-27-25-23-21-19-17-15-13-11-9-7-5-2)47-74-77(69,70)73-43-39-35-31-30-34-38-42-72-58(57(67)68)44-50(62)54(59-48(3)61)56(76-58)55(66)51(63)45-60/h49-51,54-56,60,62-63,66H,4-47H2,1-3H3,(H,59,61)(H,67,68)(H,69,70)/t49?,50-,51+,54+,55+,56+,58+/m0/s1. The number of aliphatic carboxylic acids is 1. The van der Waals surface area contributed by atoms with E-state index in [1.54, 1.807) is 0 Å². The van der Waals surface area contributed by atoms with Crippen LogP contribution in [0.1, 0.15) is 271 Å². The van der Waals surface area contributed by atoms with Crippen LogP contribution in [0.5, 0.6) is 0 Å². The van der Waals surface area contributed by atoms with Crippen LogP contribution in [0, 0.1) is 0 Å². The molecule has 1 saturated heterocycles. The molecule has 2 unspecified atom stereocenters. The van der Waals surface area contributed by atoms with Crippen molar-refractivity contribution < 1.29 is 82.2 Å². The Hall–Kier alpha value is -2.25. The first-order valence-corrected chi connectivity index (χ1v) is 32.0. The number of phosphoric acid groups is 1. The molecule has 1 amide bonds. The Morgan fingerprint density at radius 2 is 1.00 bits per heavy atom. The normalized spacial score (nSPS) is 19.6. The number of carboxylic acid groups (broad SMARTS) is 1. The van der Waals surface area contributed by atoms with Gasteiger partial charge in [-0.3, -0.25) is 23.4 Å². The Labute approximate surface area is 464 Å². The van der Waals surface area contributed by atoms with Crippen LogP contribution >= 0.6 is 7.82 Å². The molecule has 0 saturated carbocycles. The van der Waals surface area contributed by atoms with Crippen molar-refractivity contribution in [2.24, 2.45) is 0 Å². The van der Waals surface area contributed by atoms with Crippen LogP contribution in [0.15, 0.2) is 0 Å². The van der Waals surface area contributed by atoms with E-state index in [2.05, 4.69) is 19.2 Å². The molecule has 0 aliphatic carbocycles. The van der Waals surface area contributed by atoms with Crippen molar-refractivity contribution in [1.82, 2.24) is 5.32 Å². The molecule has 7 N–H and O–H groups in total. The number of rotatable bonds is 54. The molecular formula is C58H110NO17P. The van der Waals surface area contributed by atoms with Gasteiger partial charge in [-0.25, -0.2) is 9.36 Å². The second kappa shape index (κ2) is 47.4. The lowest BCUT2D eigenvalue weighted by molar-refractivity contribution is -0.311. The van der Waals surface area contributed by atoms with Crippen molar-refractivity contribution >= 4 is 31.6 Å². The summed E-state index contributed by atoms with van der Waals surface area (Å²) in [5.41, 5.74) is 0. The smallest absolute Gasteiger partial charge is 0.472 e. The number of hydrogen-bond donors (Lipinski definition) is 7. The molecule has 1 aliphatic heterocycles. The molecule has 77 heavy (non-hydrogen) atoms. The van der Waals surface area contributed by atoms with Gasteiger partial charge in [0.05, 0.1) is 38.6 Å². The third kappa shape index (κ3) is 38.2. The summed E-state index contributed by atoms with van der Waals surface area (Å²) in [4.78, 5) is 60.2. The molecule has 1 fully saturated rings. The molecule has 1 heterocycles. The third-order valence-electron chi connectivity index (χ3n) is 14.4. The van der Waals surface area contributed by atoms with Crippen LogP contribution < -0.4 is 5.32 Å². The Morgan fingerprint density at radius 1 is 0.597 bits per heavy atom. The highest BCUT2D eigenvalue weighted by Crippen LogP contribution is 2.43. The second-order valence-electron chi connectivity index (χ2n) is 21.6. The van der Waals surface area contributed by atoms with Crippen molar-refractivity contribution in [1.29, 1.82) is 0 Å². The third-order valence-corrected chi connectivity index (χ3v) is 15.4. The monoisotopic (exact) mass is 1120 g/mol. The number of carboxylic acids is 1. The Kier molecular flexibility index (Phi) is 44.8. The van der Waals surface area contributed by atoms with Gasteiger partial charge in [-0.1, -0.05) is 219 Å². The number of aliphatic hydroxyl groups is 4. The van der Waals surface area contributed by atoms with Crippen LogP contribution in [-0.2, 0) is 51.7 Å². The van der Waals surface area contributed by atoms with Crippen molar-refractivity contribution in [3.8, 4) is 0 Å². The van der Waals surface area contributed by atoms with E-state index in [1.165, 1.54) is 141 Å². The molecule has 8 atom stereocenters. The van der Waals surface area contributed by atoms with Crippen molar-refractivity contribution in [3.05, 3.63) is 0 Å². The van der Waals surface area contributed by atoms with E-state index in [0.717, 1.165) is 45.4 Å². The van der Waals surface area contributed by atoms with Gasteiger partial charge in [-0.05, 0) is 25.7 Å². The fourth-order valence-electron chi connectivity index (χ4n) is 9.72. The van der Waals surface area contributed by atoms with Gasteiger partial charge in [0, 0.05) is 26.2 Å². The SMILES string of the molecule is CCCCCCCCCCCCCCCCCC(=O)OCC(COP(=O)(O)OCCCCCCCCO[C@]1(C(=O)O)C[C@H](O)[C@@H](NC(C)=O)[C@H]([C@H](O)[C@H](O)CO)O1)OC(=O)CCCCCCCCCCCCCCCCC. The predicted molar refractivity (Wildman–Crippen MR) is 298 cm³/mol. The number of nitrogens with one attached hydrogen (secondary N) is 1. The molecule has 19 heteroatoms. The number of esters is 2.